The quantitative estimate of drug-likeness (QED) is 0.588. The number of carbonyl (C=O) groups is 3. The number of amides is 2. The summed E-state index contributed by atoms with van der Waals surface area (Å²) in [5, 5.41) is 6.90. The Kier molecular flexibility index (Phi) is 5.82. The fourth-order valence-corrected chi connectivity index (χ4v) is 2.96. The van der Waals surface area contributed by atoms with E-state index < -0.39 is 23.6 Å². The largest absolute Gasteiger partial charge is 0.363 e. The van der Waals surface area contributed by atoms with Crippen molar-refractivity contribution in [2.24, 2.45) is 5.73 Å². The van der Waals surface area contributed by atoms with Crippen LogP contribution in [0.1, 0.15) is 27.3 Å². The Morgan fingerprint density at radius 1 is 1.10 bits per heavy atom. The van der Waals surface area contributed by atoms with Crippen molar-refractivity contribution in [3.8, 4) is 5.82 Å². The van der Waals surface area contributed by atoms with Gasteiger partial charge in [-0.25, -0.2) is 9.67 Å². The number of rotatable bonds is 7. The molecule has 0 saturated carbocycles. The van der Waals surface area contributed by atoms with Gasteiger partial charge < -0.3 is 11.1 Å². The minimum atomic E-state index is -1.10. The van der Waals surface area contributed by atoms with Crippen LogP contribution in [0.3, 0.4) is 0 Å². The predicted octanol–water partition coefficient (Wildman–Crippen LogP) is 1.28. The van der Waals surface area contributed by atoms with E-state index in [1.54, 1.807) is 36.0 Å². The zero-order valence-corrected chi connectivity index (χ0v) is 16.1. The molecule has 0 aliphatic rings. The summed E-state index contributed by atoms with van der Waals surface area (Å²) >= 11 is 0. The Morgan fingerprint density at radius 3 is 2.48 bits per heavy atom. The van der Waals surface area contributed by atoms with Crippen molar-refractivity contribution in [3.05, 3.63) is 77.2 Å². The second-order valence-corrected chi connectivity index (χ2v) is 6.67. The molecular formula is C21H21N5O3. The molecule has 2 heterocycles. The van der Waals surface area contributed by atoms with E-state index in [1.807, 2.05) is 37.3 Å². The van der Waals surface area contributed by atoms with E-state index in [2.05, 4.69) is 15.4 Å². The number of nitrogens with one attached hydrogen (secondary N) is 1. The van der Waals surface area contributed by atoms with Gasteiger partial charge in [0.2, 0.25) is 5.78 Å². The van der Waals surface area contributed by atoms with Crippen molar-refractivity contribution in [3.63, 3.8) is 0 Å². The molecule has 0 fully saturated rings. The van der Waals surface area contributed by atoms with Crippen molar-refractivity contribution < 1.29 is 14.4 Å². The lowest BCUT2D eigenvalue weighted by molar-refractivity contribution is -0.137. The van der Waals surface area contributed by atoms with Gasteiger partial charge in [-0.2, -0.15) is 5.10 Å². The lowest BCUT2D eigenvalue weighted by Crippen LogP contribution is -2.47. The van der Waals surface area contributed by atoms with Crippen molar-refractivity contribution in [1.82, 2.24) is 20.1 Å². The van der Waals surface area contributed by atoms with Gasteiger partial charge in [-0.3, -0.25) is 14.4 Å². The van der Waals surface area contributed by atoms with Crippen LogP contribution in [-0.2, 0) is 16.0 Å². The van der Waals surface area contributed by atoms with Crippen molar-refractivity contribution in [2.75, 3.05) is 0 Å². The van der Waals surface area contributed by atoms with Gasteiger partial charge in [-0.1, -0.05) is 36.4 Å². The third kappa shape index (κ3) is 4.55. The molecule has 29 heavy (non-hydrogen) atoms. The van der Waals surface area contributed by atoms with Gasteiger partial charge in [-0.05, 0) is 37.1 Å². The Hall–Kier alpha value is -3.81. The second-order valence-electron chi connectivity index (χ2n) is 6.67. The van der Waals surface area contributed by atoms with Crippen LogP contribution in [0.4, 0.5) is 0 Å². The van der Waals surface area contributed by atoms with Gasteiger partial charge in [0.1, 0.15) is 6.04 Å². The van der Waals surface area contributed by atoms with E-state index in [1.165, 1.54) is 0 Å². The van der Waals surface area contributed by atoms with Gasteiger partial charge in [0.05, 0.1) is 0 Å². The second kappa shape index (κ2) is 8.47. The highest BCUT2D eigenvalue weighted by Crippen LogP contribution is 2.14. The number of nitrogens with two attached hydrogens (primary N) is 1. The zero-order chi connectivity index (χ0) is 21.0. The third-order valence-corrected chi connectivity index (χ3v) is 4.45. The zero-order valence-electron chi connectivity index (χ0n) is 16.1. The van der Waals surface area contributed by atoms with Gasteiger partial charge in [-0.15, -0.1) is 0 Å². The highest BCUT2D eigenvalue weighted by atomic mass is 16.2. The lowest BCUT2D eigenvalue weighted by Gasteiger charge is -2.15. The molecule has 148 valence electrons. The average molecular weight is 391 g/mol. The van der Waals surface area contributed by atoms with Crippen molar-refractivity contribution in [1.29, 1.82) is 0 Å². The molecule has 3 N–H and O–H groups in total. The molecule has 3 aromatic rings. The molecule has 1 unspecified atom stereocenters. The predicted molar refractivity (Wildman–Crippen MR) is 106 cm³/mol. The number of aromatic nitrogens is 3. The number of carbonyl (C=O) groups excluding carboxylic acids is 3. The van der Waals surface area contributed by atoms with Gasteiger partial charge in [0.25, 0.3) is 11.8 Å². The van der Waals surface area contributed by atoms with E-state index in [-0.39, 0.29) is 12.1 Å². The molecule has 0 bridgehead atoms. The van der Waals surface area contributed by atoms with Crippen LogP contribution in [0.5, 0.6) is 0 Å². The van der Waals surface area contributed by atoms with Crippen LogP contribution in [0, 0.1) is 13.8 Å². The highest BCUT2D eigenvalue weighted by Gasteiger charge is 2.27. The molecule has 0 saturated heterocycles. The van der Waals surface area contributed by atoms with E-state index >= 15 is 0 Å². The molecule has 0 aliphatic carbocycles. The van der Waals surface area contributed by atoms with Crippen LogP contribution in [-0.4, -0.2) is 38.4 Å². The van der Waals surface area contributed by atoms with Crippen LogP contribution >= 0.6 is 0 Å². The summed E-state index contributed by atoms with van der Waals surface area (Å²) in [5.41, 5.74) is 7.67. The molecule has 0 radical (unpaired) electrons. The fourth-order valence-electron chi connectivity index (χ4n) is 2.96. The van der Waals surface area contributed by atoms with Crippen LogP contribution < -0.4 is 11.1 Å². The number of hydrogen-bond acceptors (Lipinski definition) is 5. The van der Waals surface area contributed by atoms with Crippen molar-refractivity contribution >= 4 is 17.6 Å². The molecule has 2 aromatic heterocycles. The number of aryl methyl sites for hydroxylation is 2. The minimum absolute atomic E-state index is 0.114. The maximum Gasteiger partial charge on any atom is 0.287 e. The molecule has 1 atom stereocenters. The van der Waals surface area contributed by atoms with Crippen molar-refractivity contribution in [2.45, 2.75) is 26.3 Å². The van der Waals surface area contributed by atoms with Crippen LogP contribution in [0.2, 0.25) is 0 Å². The van der Waals surface area contributed by atoms with E-state index in [0.29, 0.717) is 11.5 Å². The molecule has 8 nitrogen and oxygen atoms in total. The van der Waals surface area contributed by atoms with Gasteiger partial charge in [0, 0.05) is 18.3 Å². The average Bonchev–Trinajstić information content (AvgIpc) is 3.09. The molecule has 1 aromatic carbocycles. The van der Waals surface area contributed by atoms with Crippen LogP contribution in [0.25, 0.3) is 5.82 Å². The topological polar surface area (TPSA) is 120 Å². The fraction of sp³-hybridized carbons (Fsp3) is 0.190. The van der Waals surface area contributed by atoms with Crippen LogP contribution in [0.15, 0.2) is 54.7 Å². The molecule has 2 amide bonds. The highest BCUT2D eigenvalue weighted by molar-refractivity contribution is 6.38. The number of pyridine rings is 1. The lowest BCUT2D eigenvalue weighted by atomic mass is 10.0. The smallest absolute Gasteiger partial charge is 0.287 e. The first-order valence-corrected chi connectivity index (χ1v) is 9.04. The summed E-state index contributed by atoms with van der Waals surface area (Å²) in [7, 11) is 0. The standard InChI is InChI=1S/C21H21N5O3/c1-13-7-6-10-23-20(13)26-14(2)11-17(25-26)21(29)24-16(18(27)19(22)28)12-15-8-4-3-5-9-15/h3-11,16H,12H2,1-2H3,(H2,22,28)(H,24,29). The summed E-state index contributed by atoms with van der Waals surface area (Å²) in [4.78, 5) is 40.7. The summed E-state index contributed by atoms with van der Waals surface area (Å²) in [5.74, 6) is -1.93. The van der Waals surface area contributed by atoms with Gasteiger partial charge in [0.15, 0.2) is 11.5 Å². The van der Waals surface area contributed by atoms with E-state index in [9.17, 15) is 14.4 Å². The number of ketones is 1. The number of primary amides is 1. The third-order valence-electron chi connectivity index (χ3n) is 4.45. The van der Waals surface area contributed by atoms with Gasteiger partial charge >= 0.3 is 0 Å². The summed E-state index contributed by atoms with van der Waals surface area (Å²) in [6.45, 7) is 3.69. The number of nitrogens with zero attached hydrogens (tertiary/aromatic N) is 3. The first-order valence-electron chi connectivity index (χ1n) is 9.04. The Labute approximate surface area is 167 Å². The Morgan fingerprint density at radius 2 is 1.83 bits per heavy atom. The molecule has 0 spiro atoms. The first kappa shape index (κ1) is 19.9. The number of hydrogen-bond donors (Lipinski definition) is 2. The summed E-state index contributed by atoms with van der Waals surface area (Å²) in [6, 6.07) is 13.3. The monoisotopic (exact) mass is 391 g/mol. The normalized spacial score (nSPS) is 11.7. The maximum atomic E-state index is 12.7. The molecule has 0 aliphatic heterocycles. The Bertz CT molecular complexity index is 1060. The molecule has 3 rings (SSSR count). The number of Topliss-reactive ketones (excluding diaryl/α,β-unsaturated/α-hetero) is 1. The first-order chi connectivity index (χ1) is 13.9. The minimum Gasteiger partial charge on any atom is -0.363 e. The van der Waals surface area contributed by atoms with E-state index in [4.69, 9.17) is 5.73 Å². The summed E-state index contributed by atoms with van der Waals surface area (Å²) in [6.07, 6.45) is 1.79. The Balaban J connectivity index is 1.84. The SMILES string of the molecule is Cc1cccnc1-n1nc(C(=O)NC(Cc2ccccc2)C(=O)C(N)=O)cc1C. The maximum absolute atomic E-state index is 12.7. The molecular weight excluding hydrogens is 370 g/mol. The number of benzene rings is 1. The summed E-state index contributed by atoms with van der Waals surface area (Å²) < 4.78 is 1.56. The molecule has 8 heteroatoms. The van der Waals surface area contributed by atoms with E-state index in [0.717, 1.165) is 11.1 Å².